The van der Waals surface area contributed by atoms with E-state index < -0.39 is 0 Å². The monoisotopic (exact) mass is 225 g/mol. The molecule has 0 bridgehead atoms. The van der Waals surface area contributed by atoms with Crippen LogP contribution in [0.4, 0.5) is 0 Å². The average molecular weight is 225 g/mol. The predicted octanol–water partition coefficient (Wildman–Crippen LogP) is 2.97. The van der Waals surface area contributed by atoms with E-state index in [0.29, 0.717) is 12.1 Å². The van der Waals surface area contributed by atoms with Crippen LogP contribution >= 0.6 is 0 Å². The van der Waals surface area contributed by atoms with Crippen molar-refractivity contribution in [1.82, 2.24) is 5.32 Å². The maximum absolute atomic E-state index is 6.03. The summed E-state index contributed by atoms with van der Waals surface area (Å²) in [5.41, 5.74) is 0. The second-order valence-electron chi connectivity index (χ2n) is 5.39. The van der Waals surface area contributed by atoms with E-state index in [-0.39, 0.29) is 0 Å². The minimum atomic E-state index is 0.494. The number of hydrogen-bond donors (Lipinski definition) is 1. The molecule has 0 radical (unpaired) electrons. The Morgan fingerprint density at radius 3 is 2.25 bits per heavy atom. The second kappa shape index (κ2) is 6.02. The van der Waals surface area contributed by atoms with Crippen LogP contribution < -0.4 is 5.32 Å². The van der Waals surface area contributed by atoms with Gasteiger partial charge in [-0.2, -0.15) is 0 Å². The van der Waals surface area contributed by atoms with Crippen molar-refractivity contribution in [3.8, 4) is 0 Å². The number of nitrogens with one attached hydrogen (secondary N) is 1. The van der Waals surface area contributed by atoms with Crippen LogP contribution in [-0.4, -0.2) is 25.3 Å². The zero-order valence-corrected chi connectivity index (χ0v) is 10.9. The van der Waals surface area contributed by atoms with Gasteiger partial charge in [0.2, 0.25) is 0 Å². The Morgan fingerprint density at radius 1 is 1.06 bits per heavy atom. The van der Waals surface area contributed by atoms with Crippen LogP contribution in [0.1, 0.15) is 52.4 Å². The standard InChI is InChI=1S/C14H27NO/c1-3-15-13(11-7-5-6-8-11)14(16-4-2)12-9-10-12/h11-15H,3-10H2,1-2H3. The molecule has 2 heteroatoms. The van der Waals surface area contributed by atoms with E-state index in [1.54, 1.807) is 0 Å². The molecular weight excluding hydrogens is 198 g/mol. The van der Waals surface area contributed by atoms with Gasteiger partial charge >= 0.3 is 0 Å². The Labute approximate surface area is 100 Å². The molecule has 0 aromatic heterocycles. The Balaban J connectivity index is 1.96. The molecular formula is C14H27NO. The van der Waals surface area contributed by atoms with Gasteiger partial charge in [0.25, 0.3) is 0 Å². The highest BCUT2D eigenvalue weighted by Crippen LogP contribution is 2.40. The SMILES string of the molecule is CCNC(C1CCCC1)C(OCC)C1CC1. The Morgan fingerprint density at radius 2 is 1.75 bits per heavy atom. The lowest BCUT2D eigenvalue weighted by atomic mass is 9.91. The summed E-state index contributed by atoms with van der Waals surface area (Å²) in [6.45, 7) is 6.30. The number of ether oxygens (including phenoxy) is 1. The molecule has 94 valence electrons. The van der Waals surface area contributed by atoms with E-state index in [1.165, 1.54) is 38.5 Å². The van der Waals surface area contributed by atoms with Crippen molar-refractivity contribution in [2.75, 3.05) is 13.2 Å². The fourth-order valence-electron chi connectivity index (χ4n) is 3.25. The predicted molar refractivity (Wildman–Crippen MR) is 67.6 cm³/mol. The van der Waals surface area contributed by atoms with Crippen LogP contribution in [0.5, 0.6) is 0 Å². The molecule has 2 rings (SSSR count). The summed E-state index contributed by atoms with van der Waals surface area (Å²) in [7, 11) is 0. The van der Waals surface area contributed by atoms with Crippen molar-refractivity contribution in [1.29, 1.82) is 0 Å². The molecule has 2 aliphatic carbocycles. The van der Waals surface area contributed by atoms with Gasteiger partial charge in [0, 0.05) is 12.6 Å². The molecule has 0 aliphatic heterocycles. The van der Waals surface area contributed by atoms with Crippen LogP contribution in [0.15, 0.2) is 0 Å². The van der Waals surface area contributed by atoms with Crippen molar-refractivity contribution in [3.63, 3.8) is 0 Å². The maximum Gasteiger partial charge on any atom is 0.0758 e. The molecule has 0 amide bonds. The van der Waals surface area contributed by atoms with Crippen LogP contribution in [0.25, 0.3) is 0 Å². The first kappa shape index (κ1) is 12.4. The summed E-state index contributed by atoms with van der Waals surface area (Å²) in [5, 5.41) is 3.71. The number of likely N-dealkylation sites (N-methyl/N-ethyl adjacent to an activating group) is 1. The number of hydrogen-bond acceptors (Lipinski definition) is 2. The molecule has 2 atom stereocenters. The molecule has 0 aromatic carbocycles. The number of rotatable bonds is 7. The highest BCUT2D eigenvalue weighted by atomic mass is 16.5. The van der Waals surface area contributed by atoms with Crippen molar-refractivity contribution >= 4 is 0 Å². The quantitative estimate of drug-likeness (QED) is 0.719. The summed E-state index contributed by atoms with van der Waals surface area (Å²) in [5.74, 6) is 1.72. The second-order valence-corrected chi connectivity index (χ2v) is 5.39. The van der Waals surface area contributed by atoms with Crippen molar-refractivity contribution in [2.45, 2.75) is 64.5 Å². The smallest absolute Gasteiger partial charge is 0.0758 e. The summed E-state index contributed by atoms with van der Waals surface area (Å²) in [6.07, 6.45) is 8.94. The molecule has 2 aliphatic rings. The Bertz CT molecular complexity index is 197. The van der Waals surface area contributed by atoms with Crippen molar-refractivity contribution in [3.05, 3.63) is 0 Å². The zero-order chi connectivity index (χ0) is 11.4. The van der Waals surface area contributed by atoms with Crippen molar-refractivity contribution < 1.29 is 4.74 Å². The van der Waals surface area contributed by atoms with E-state index in [2.05, 4.69) is 19.2 Å². The fourth-order valence-corrected chi connectivity index (χ4v) is 3.25. The molecule has 2 nitrogen and oxygen atoms in total. The minimum absolute atomic E-state index is 0.494. The Hall–Kier alpha value is -0.0800. The Kier molecular flexibility index (Phi) is 4.66. The molecule has 16 heavy (non-hydrogen) atoms. The van der Waals surface area contributed by atoms with Gasteiger partial charge in [0.1, 0.15) is 0 Å². The maximum atomic E-state index is 6.03. The summed E-state index contributed by atoms with van der Waals surface area (Å²) in [6, 6.07) is 0.625. The van der Waals surface area contributed by atoms with Crippen LogP contribution in [-0.2, 0) is 4.74 Å². The van der Waals surface area contributed by atoms with Gasteiger partial charge in [0.05, 0.1) is 6.10 Å². The summed E-state index contributed by atoms with van der Waals surface area (Å²) in [4.78, 5) is 0. The summed E-state index contributed by atoms with van der Waals surface area (Å²) < 4.78 is 6.03. The topological polar surface area (TPSA) is 21.3 Å². The first-order valence-corrected chi connectivity index (χ1v) is 7.21. The molecule has 1 N–H and O–H groups in total. The summed E-state index contributed by atoms with van der Waals surface area (Å²) >= 11 is 0. The van der Waals surface area contributed by atoms with Gasteiger partial charge in [-0.25, -0.2) is 0 Å². The fraction of sp³-hybridized carbons (Fsp3) is 1.00. The average Bonchev–Trinajstić information content (AvgIpc) is 2.99. The van der Waals surface area contributed by atoms with E-state index in [9.17, 15) is 0 Å². The lowest BCUT2D eigenvalue weighted by Crippen LogP contribution is -2.47. The highest BCUT2D eigenvalue weighted by molar-refractivity contribution is 4.94. The molecule has 2 unspecified atom stereocenters. The largest absolute Gasteiger partial charge is 0.377 e. The van der Waals surface area contributed by atoms with Gasteiger partial charge in [-0.05, 0) is 51.0 Å². The minimum Gasteiger partial charge on any atom is -0.377 e. The van der Waals surface area contributed by atoms with Gasteiger partial charge in [0.15, 0.2) is 0 Å². The van der Waals surface area contributed by atoms with Gasteiger partial charge in [-0.1, -0.05) is 19.8 Å². The van der Waals surface area contributed by atoms with Crippen LogP contribution in [0.3, 0.4) is 0 Å². The van der Waals surface area contributed by atoms with Crippen LogP contribution in [0.2, 0.25) is 0 Å². The first-order valence-electron chi connectivity index (χ1n) is 7.21. The third-order valence-corrected chi connectivity index (χ3v) is 4.15. The van der Waals surface area contributed by atoms with Crippen LogP contribution in [0, 0.1) is 11.8 Å². The lowest BCUT2D eigenvalue weighted by Gasteiger charge is -2.32. The molecule has 0 spiro atoms. The molecule has 2 fully saturated rings. The third-order valence-electron chi connectivity index (χ3n) is 4.15. The van der Waals surface area contributed by atoms with E-state index in [4.69, 9.17) is 4.74 Å². The van der Waals surface area contributed by atoms with Gasteiger partial charge in [-0.3, -0.25) is 0 Å². The lowest BCUT2D eigenvalue weighted by molar-refractivity contribution is 0.00396. The molecule has 2 saturated carbocycles. The molecule has 0 heterocycles. The molecule has 0 saturated heterocycles. The van der Waals surface area contributed by atoms with Gasteiger partial charge in [-0.15, -0.1) is 0 Å². The third kappa shape index (κ3) is 2.98. The highest BCUT2D eigenvalue weighted by Gasteiger charge is 2.40. The van der Waals surface area contributed by atoms with Crippen molar-refractivity contribution in [2.24, 2.45) is 11.8 Å². The normalized spacial score (nSPS) is 25.9. The van der Waals surface area contributed by atoms with E-state index in [1.807, 2.05) is 0 Å². The zero-order valence-electron chi connectivity index (χ0n) is 10.9. The molecule has 0 aromatic rings. The first-order chi connectivity index (χ1) is 7.86. The van der Waals surface area contributed by atoms with E-state index >= 15 is 0 Å². The van der Waals surface area contributed by atoms with E-state index in [0.717, 1.165) is 25.0 Å². The van der Waals surface area contributed by atoms with Gasteiger partial charge < -0.3 is 10.1 Å².